The zero-order valence-electron chi connectivity index (χ0n) is 19.4. The third-order valence-corrected chi connectivity index (χ3v) is 6.40. The maximum atomic E-state index is 12.8. The Morgan fingerprint density at radius 3 is 2.85 bits per heavy atom. The van der Waals surface area contributed by atoms with E-state index in [2.05, 4.69) is 26.7 Å². The molecule has 3 N–H and O–H groups in total. The van der Waals surface area contributed by atoms with Crippen molar-refractivity contribution in [1.29, 1.82) is 0 Å². The third-order valence-electron chi connectivity index (χ3n) is 5.33. The van der Waals surface area contributed by atoms with Crippen molar-refractivity contribution >= 4 is 34.8 Å². The van der Waals surface area contributed by atoms with Gasteiger partial charge in [0.25, 0.3) is 0 Å². The highest BCUT2D eigenvalue weighted by atomic mass is 32.1. The van der Waals surface area contributed by atoms with Crippen LogP contribution in [0.2, 0.25) is 0 Å². The standard InChI is InChI=1S/C23H30N6O3S/c1-14-8-18(33-13-14)17-10-25-20(24)21-27-16(12-29(17)21)9-19(30)26-15-6-5-7-28(11-15)22(31)32-23(2,3)4/h8,10,12-13,15H,5-7,9,11H2,1-4H3,(H2,24,25)(H,26,30)/t15-/m0/s1. The van der Waals surface area contributed by atoms with E-state index in [-0.39, 0.29) is 24.5 Å². The molecule has 0 radical (unpaired) electrons. The Bertz CT molecular complexity index is 1180. The van der Waals surface area contributed by atoms with Gasteiger partial charge in [0, 0.05) is 25.3 Å². The minimum Gasteiger partial charge on any atom is -0.444 e. The van der Waals surface area contributed by atoms with Crippen LogP contribution in [-0.4, -0.2) is 56.0 Å². The number of hydrogen-bond acceptors (Lipinski definition) is 7. The molecule has 1 aliphatic heterocycles. The number of nitrogen functional groups attached to an aromatic ring is 1. The number of aryl methyl sites for hydroxylation is 1. The van der Waals surface area contributed by atoms with E-state index < -0.39 is 5.60 Å². The first-order valence-electron chi connectivity index (χ1n) is 11.0. The average Bonchev–Trinajstić information content (AvgIpc) is 3.34. The van der Waals surface area contributed by atoms with Gasteiger partial charge >= 0.3 is 6.09 Å². The number of carbonyl (C=O) groups is 2. The second-order valence-corrected chi connectivity index (χ2v) is 10.4. The lowest BCUT2D eigenvalue weighted by molar-refractivity contribution is -0.121. The van der Waals surface area contributed by atoms with Crippen molar-refractivity contribution in [2.24, 2.45) is 0 Å². The summed E-state index contributed by atoms with van der Waals surface area (Å²) < 4.78 is 7.35. The van der Waals surface area contributed by atoms with Crippen molar-refractivity contribution in [3.8, 4) is 10.6 Å². The molecule has 3 aromatic rings. The molecule has 0 saturated carbocycles. The summed E-state index contributed by atoms with van der Waals surface area (Å²) in [5, 5.41) is 5.12. The number of anilines is 1. The van der Waals surface area contributed by atoms with Gasteiger partial charge in [-0.15, -0.1) is 11.3 Å². The van der Waals surface area contributed by atoms with Crippen LogP contribution in [0, 0.1) is 6.92 Å². The number of rotatable bonds is 4. The topological polar surface area (TPSA) is 115 Å². The largest absolute Gasteiger partial charge is 0.444 e. The maximum absolute atomic E-state index is 12.8. The fourth-order valence-electron chi connectivity index (χ4n) is 3.91. The number of nitrogens with zero attached hydrogens (tertiary/aromatic N) is 4. The van der Waals surface area contributed by atoms with Crippen molar-refractivity contribution in [1.82, 2.24) is 24.6 Å². The molecule has 10 heteroatoms. The maximum Gasteiger partial charge on any atom is 0.410 e. The van der Waals surface area contributed by atoms with Crippen LogP contribution in [0.4, 0.5) is 10.6 Å². The number of aromatic nitrogens is 3. The Hall–Kier alpha value is -3.14. The lowest BCUT2D eigenvalue weighted by Crippen LogP contribution is -2.51. The number of amides is 2. The lowest BCUT2D eigenvalue weighted by atomic mass is 10.1. The molecule has 176 valence electrons. The summed E-state index contributed by atoms with van der Waals surface area (Å²) in [6.07, 6.45) is 4.96. The first-order chi connectivity index (χ1) is 15.6. The van der Waals surface area contributed by atoms with Gasteiger partial charge in [-0.3, -0.25) is 9.20 Å². The highest BCUT2D eigenvalue weighted by Crippen LogP contribution is 2.28. The molecule has 1 atom stereocenters. The smallest absolute Gasteiger partial charge is 0.410 e. The third kappa shape index (κ3) is 5.44. The fourth-order valence-corrected chi connectivity index (χ4v) is 4.81. The first-order valence-corrected chi connectivity index (χ1v) is 11.9. The molecule has 33 heavy (non-hydrogen) atoms. The van der Waals surface area contributed by atoms with Gasteiger partial charge in [-0.05, 0) is 57.5 Å². The molecule has 0 spiro atoms. The van der Waals surface area contributed by atoms with Gasteiger partial charge in [-0.1, -0.05) is 0 Å². The van der Waals surface area contributed by atoms with E-state index in [1.807, 2.05) is 38.3 Å². The number of piperidine rings is 1. The van der Waals surface area contributed by atoms with E-state index in [1.165, 1.54) is 5.56 Å². The van der Waals surface area contributed by atoms with Gasteiger partial charge in [0.05, 0.1) is 28.9 Å². The van der Waals surface area contributed by atoms with E-state index in [0.29, 0.717) is 30.2 Å². The van der Waals surface area contributed by atoms with Gasteiger partial charge in [0.2, 0.25) is 5.91 Å². The van der Waals surface area contributed by atoms with Crippen LogP contribution in [0.25, 0.3) is 16.2 Å². The van der Waals surface area contributed by atoms with E-state index in [1.54, 1.807) is 22.4 Å². The monoisotopic (exact) mass is 470 g/mol. The first kappa shape index (κ1) is 23.0. The van der Waals surface area contributed by atoms with E-state index in [4.69, 9.17) is 10.5 Å². The lowest BCUT2D eigenvalue weighted by Gasteiger charge is -2.34. The zero-order chi connectivity index (χ0) is 23.8. The Morgan fingerprint density at radius 2 is 2.15 bits per heavy atom. The van der Waals surface area contributed by atoms with Gasteiger partial charge in [0.15, 0.2) is 11.5 Å². The average molecular weight is 471 g/mol. The van der Waals surface area contributed by atoms with E-state index >= 15 is 0 Å². The zero-order valence-corrected chi connectivity index (χ0v) is 20.2. The molecule has 9 nitrogen and oxygen atoms in total. The number of carbonyl (C=O) groups excluding carboxylic acids is 2. The molecule has 4 rings (SSSR count). The van der Waals surface area contributed by atoms with Crippen molar-refractivity contribution < 1.29 is 14.3 Å². The highest BCUT2D eigenvalue weighted by Gasteiger charge is 2.28. The molecular formula is C23H30N6O3S. The summed E-state index contributed by atoms with van der Waals surface area (Å²) in [5.41, 5.74) is 8.71. The second-order valence-electron chi connectivity index (χ2n) is 9.45. The summed E-state index contributed by atoms with van der Waals surface area (Å²) in [6, 6.07) is 1.97. The Morgan fingerprint density at radius 1 is 1.36 bits per heavy atom. The predicted molar refractivity (Wildman–Crippen MR) is 128 cm³/mol. The molecule has 2 amide bonds. The predicted octanol–water partition coefficient (Wildman–Crippen LogP) is 3.41. The SMILES string of the molecule is Cc1csc(-c2cnc(N)c3nc(CC(=O)N[C@H]4CCCN(C(=O)OC(C)(C)C)C4)cn23)c1. The normalized spacial score (nSPS) is 16.7. The van der Waals surface area contributed by atoms with Gasteiger partial charge in [-0.2, -0.15) is 0 Å². The minimum absolute atomic E-state index is 0.118. The molecular weight excluding hydrogens is 440 g/mol. The van der Waals surface area contributed by atoms with Crippen molar-refractivity contribution in [3.05, 3.63) is 35.1 Å². The minimum atomic E-state index is -0.548. The number of nitrogens with one attached hydrogen (secondary N) is 1. The number of imidazole rings is 1. The van der Waals surface area contributed by atoms with Crippen molar-refractivity contribution in [2.45, 2.75) is 58.6 Å². The molecule has 0 bridgehead atoms. The van der Waals surface area contributed by atoms with Crippen LogP contribution in [0.15, 0.2) is 23.8 Å². The van der Waals surface area contributed by atoms with Crippen LogP contribution in [-0.2, 0) is 16.0 Å². The van der Waals surface area contributed by atoms with E-state index in [0.717, 1.165) is 23.4 Å². The fraction of sp³-hybridized carbons (Fsp3) is 0.478. The van der Waals surface area contributed by atoms with Crippen LogP contribution < -0.4 is 11.1 Å². The number of nitrogens with two attached hydrogens (primary N) is 1. The molecule has 0 aromatic carbocycles. The Balaban J connectivity index is 1.44. The quantitative estimate of drug-likeness (QED) is 0.604. The molecule has 1 aliphatic rings. The summed E-state index contributed by atoms with van der Waals surface area (Å²) in [4.78, 5) is 36.7. The molecule has 0 unspecified atom stereocenters. The number of likely N-dealkylation sites (tertiary alicyclic amines) is 1. The van der Waals surface area contributed by atoms with Crippen LogP contribution >= 0.6 is 11.3 Å². The summed E-state index contributed by atoms with van der Waals surface area (Å²) >= 11 is 1.62. The van der Waals surface area contributed by atoms with Gasteiger partial charge in [0.1, 0.15) is 5.60 Å². The summed E-state index contributed by atoms with van der Waals surface area (Å²) in [7, 11) is 0. The van der Waals surface area contributed by atoms with Gasteiger partial charge < -0.3 is 20.7 Å². The molecule has 1 saturated heterocycles. The number of fused-ring (bicyclic) bond motifs is 1. The Kier molecular flexibility index (Phi) is 6.29. The number of thiophene rings is 1. The van der Waals surface area contributed by atoms with Gasteiger partial charge in [-0.25, -0.2) is 14.8 Å². The molecule has 4 heterocycles. The summed E-state index contributed by atoms with van der Waals surface area (Å²) in [6.45, 7) is 8.64. The number of hydrogen-bond donors (Lipinski definition) is 2. The van der Waals surface area contributed by atoms with E-state index in [9.17, 15) is 9.59 Å². The summed E-state index contributed by atoms with van der Waals surface area (Å²) in [5.74, 6) is 0.175. The molecule has 3 aromatic heterocycles. The molecule has 1 fully saturated rings. The second kappa shape index (κ2) is 9.01. The Labute approximate surface area is 197 Å². The highest BCUT2D eigenvalue weighted by molar-refractivity contribution is 7.13. The van der Waals surface area contributed by atoms with Crippen molar-refractivity contribution in [2.75, 3.05) is 18.8 Å². The van der Waals surface area contributed by atoms with Crippen molar-refractivity contribution in [3.63, 3.8) is 0 Å². The van der Waals surface area contributed by atoms with Crippen LogP contribution in [0.3, 0.4) is 0 Å². The number of ether oxygens (including phenoxy) is 1. The van der Waals surface area contributed by atoms with Crippen LogP contribution in [0.5, 0.6) is 0 Å². The molecule has 0 aliphatic carbocycles. The van der Waals surface area contributed by atoms with Crippen LogP contribution in [0.1, 0.15) is 44.9 Å².